The van der Waals surface area contributed by atoms with E-state index in [0.717, 1.165) is 61.3 Å². The molecule has 11 heteroatoms. The summed E-state index contributed by atoms with van der Waals surface area (Å²) in [5.41, 5.74) is 5.42. The number of carboxylic acids is 1. The Labute approximate surface area is 280 Å². The van der Waals surface area contributed by atoms with Gasteiger partial charge in [-0.25, -0.2) is 4.39 Å². The van der Waals surface area contributed by atoms with E-state index < -0.39 is 12.1 Å². The molecule has 1 atom stereocenters. The molecule has 0 unspecified atom stereocenters. The molecule has 1 amide bonds. The first-order chi connectivity index (χ1) is 22.6. The van der Waals surface area contributed by atoms with Gasteiger partial charge in [0, 0.05) is 30.8 Å². The average molecular weight is 671 g/mol. The van der Waals surface area contributed by atoms with Crippen molar-refractivity contribution in [2.24, 2.45) is 5.92 Å². The molecule has 2 saturated heterocycles. The summed E-state index contributed by atoms with van der Waals surface area (Å²) in [6.07, 6.45) is -1.76. The maximum Gasteiger partial charge on any atom is 0.430 e. The first-order valence-electron chi connectivity index (χ1n) is 16.4. The van der Waals surface area contributed by atoms with E-state index in [4.69, 9.17) is 9.90 Å². The molecular weight excluding hydrogens is 624 g/mol. The number of rotatable bonds is 8. The second-order valence-electron chi connectivity index (χ2n) is 13.7. The van der Waals surface area contributed by atoms with Crippen molar-refractivity contribution < 1.29 is 36.7 Å². The fraction of sp³-hybridized carbons (Fsp3) is 0.459. The molecule has 0 aromatic heterocycles. The van der Waals surface area contributed by atoms with Crippen molar-refractivity contribution in [3.8, 4) is 11.1 Å². The minimum Gasteiger partial charge on any atom is -0.542 e. The number of piperidine rings is 1. The molecule has 0 spiro atoms. The summed E-state index contributed by atoms with van der Waals surface area (Å²) < 4.78 is 47.6. The number of quaternary nitrogens is 1. The van der Waals surface area contributed by atoms with Crippen molar-refractivity contribution >= 4 is 11.9 Å². The number of piperazine rings is 1. The van der Waals surface area contributed by atoms with E-state index in [1.165, 1.54) is 30.0 Å². The molecule has 0 aliphatic carbocycles. The van der Waals surface area contributed by atoms with Gasteiger partial charge in [-0.15, -0.1) is 0 Å². The van der Waals surface area contributed by atoms with E-state index in [9.17, 15) is 18.0 Å². The average Bonchev–Trinajstić information content (AvgIpc) is 3.04. The van der Waals surface area contributed by atoms with Gasteiger partial charge >= 0.3 is 6.18 Å². The summed E-state index contributed by atoms with van der Waals surface area (Å²) in [7, 11) is 6.78. The lowest BCUT2D eigenvalue weighted by Crippen LogP contribution is -2.59. The van der Waals surface area contributed by atoms with Crippen LogP contribution in [0.2, 0.25) is 0 Å². The number of carboxylic acid groups (broad SMARTS) is 1. The summed E-state index contributed by atoms with van der Waals surface area (Å²) in [5.74, 6) is -2.67. The maximum absolute atomic E-state index is 15.0. The van der Waals surface area contributed by atoms with Gasteiger partial charge in [0.15, 0.2) is 0 Å². The minimum atomic E-state index is -5.19. The first-order valence-corrected chi connectivity index (χ1v) is 16.4. The molecule has 2 aliphatic heterocycles. The molecule has 3 aromatic rings. The number of likely N-dealkylation sites (tertiary alicyclic amines) is 1. The Balaban J connectivity index is 0.000000671. The van der Waals surface area contributed by atoms with Crippen molar-refractivity contribution in [1.82, 2.24) is 15.1 Å². The minimum absolute atomic E-state index is 0.0966. The molecule has 3 aromatic carbocycles. The molecule has 0 bridgehead atoms. The molecule has 1 N–H and O–H groups in total. The summed E-state index contributed by atoms with van der Waals surface area (Å²) in [4.78, 5) is 26.7. The number of nitrogens with one attached hydrogen (secondary N) is 1. The van der Waals surface area contributed by atoms with Gasteiger partial charge in [-0.05, 0) is 105 Å². The molecule has 48 heavy (non-hydrogen) atoms. The van der Waals surface area contributed by atoms with Gasteiger partial charge in [-0.2, -0.15) is 13.2 Å². The van der Waals surface area contributed by atoms with Crippen molar-refractivity contribution in [2.45, 2.75) is 51.5 Å². The van der Waals surface area contributed by atoms with Crippen molar-refractivity contribution in [3.63, 3.8) is 0 Å². The summed E-state index contributed by atoms with van der Waals surface area (Å²) in [6, 6.07) is 22.0. The van der Waals surface area contributed by atoms with Crippen LogP contribution in [0.5, 0.6) is 0 Å². The van der Waals surface area contributed by atoms with Crippen LogP contribution in [-0.4, -0.2) is 92.2 Å². The lowest BCUT2D eigenvalue weighted by molar-refractivity contribution is -0.917. The molecule has 2 aliphatic rings. The van der Waals surface area contributed by atoms with Crippen molar-refractivity contribution in [3.05, 3.63) is 94.8 Å². The number of carbonyl (C=O) groups excluding carboxylic acids is 2. The van der Waals surface area contributed by atoms with Gasteiger partial charge in [-0.3, -0.25) is 9.69 Å². The zero-order valence-electron chi connectivity index (χ0n) is 28.2. The van der Waals surface area contributed by atoms with Gasteiger partial charge in [0.1, 0.15) is 11.8 Å². The Hall–Kier alpha value is -3.80. The van der Waals surface area contributed by atoms with Gasteiger partial charge in [0.25, 0.3) is 5.91 Å². The molecule has 2 fully saturated rings. The highest BCUT2D eigenvalue weighted by Crippen LogP contribution is 2.27. The van der Waals surface area contributed by atoms with E-state index in [0.29, 0.717) is 29.6 Å². The van der Waals surface area contributed by atoms with E-state index >= 15 is 4.39 Å². The number of hydrogen-bond donors (Lipinski definition) is 1. The first kappa shape index (κ1) is 37.0. The highest BCUT2D eigenvalue weighted by Gasteiger charge is 2.31. The van der Waals surface area contributed by atoms with Crippen LogP contribution in [0.15, 0.2) is 66.7 Å². The largest absolute Gasteiger partial charge is 0.542 e. The Kier molecular flexibility index (Phi) is 12.4. The number of halogens is 4. The number of benzene rings is 3. The Bertz CT molecular complexity index is 1550. The monoisotopic (exact) mass is 670 g/mol. The fourth-order valence-corrected chi connectivity index (χ4v) is 6.17. The normalized spacial score (nSPS) is 18.9. The van der Waals surface area contributed by atoms with Gasteiger partial charge in [-0.1, -0.05) is 36.4 Å². The molecule has 5 rings (SSSR count). The smallest absolute Gasteiger partial charge is 0.430 e. The summed E-state index contributed by atoms with van der Waals surface area (Å²) in [5, 5.41) is 11.8. The van der Waals surface area contributed by atoms with Crippen LogP contribution < -0.4 is 10.4 Å². The number of nitrogens with zero attached hydrogens (tertiary/aromatic N) is 3. The third-order valence-corrected chi connectivity index (χ3v) is 9.62. The van der Waals surface area contributed by atoms with Crippen LogP contribution in [0.4, 0.5) is 17.6 Å². The van der Waals surface area contributed by atoms with Crippen molar-refractivity contribution in [2.75, 3.05) is 53.9 Å². The number of likely N-dealkylation sites (N-methyl/N-ethyl adjacent to an activating group) is 1. The Morgan fingerprint density at radius 2 is 1.60 bits per heavy atom. The second kappa shape index (κ2) is 16.1. The molecule has 260 valence electrons. The SMILES string of the molecule is C[C@H]1CN(Cc2cccc(-c3cc(CNC(=O)c4cccc(CC5CCN(C)CC5)c4)ccc3F)c2)CC[N+]1(C)C.O=C([O-])C(F)(F)F. The summed E-state index contributed by atoms with van der Waals surface area (Å²) in [6.45, 7) is 9.07. The Morgan fingerprint density at radius 3 is 2.27 bits per heavy atom. The topological polar surface area (TPSA) is 75.7 Å². The maximum atomic E-state index is 15.0. The molecule has 7 nitrogen and oxygen atoms in total. The molecular formula is C37H46F4N4O3. The standard InChI is InChI=1S/C35H45FN4O.C2HF3O2/c1-26-24-39(17-18-40(26,3)4)25-30-8-6-9-31(21-30)33-22-29(11-12-34(33)36)23-37-35(41)32-10-5-7-28(20-32)19-27-13-15-38(2)16-14-27;3-2(4,5)1(6)7/h5-12,20-22,26-27H,13-19,23-25H2,1-4H3;(H,6,7)/t26-;/m0./s1. The van der Waals surface area contributed by atoms with E-state index in [1.54, 1.807) is 6.07 Å². The van der Waals surface area contributed by atoms with Gasteiger partial charge in [0.2, 0.25) is 0 Å². The van der Waals surface area contributed by atoms with E-state index in [2.05, 4.69) is 61.4 Å². The number of alkyl halides is 3. The number of hydrogen-bond acceptors (Lipinski definition) is 5. The van der Waals surface area contributed by atoms with Gasteiger partial charge < -0.3 is 24.6 Å². The van der Waals surface area contributed by atoms with E-state index in [1.807, 2.05) is 36.4 Å². The highest BCUT2D eigenvalue weighted by molar-refractivity contribution is 5.94. The fourth-order valence-electron chi connectivity index (χ4n) is 6.17. The predicted octanol–water partition coefficient (Wildman–Crippen LogP) is 4.89. The van der Waals surface area contributed by atoms with Crippen molar-refractivity contribution in [1.29, 1.82) is 0 Å². The predicted molar refractivity (Wildman–Crippen MR) is 176 cm³/mol. The lowest BCUT2D eigenvalue weighted by Gasteiger charge is -2.44. The zero-order chi connectivity index (χ0) is 35.1. The number of aliphatic carboxylic acids is 1. The summed E-state index contributed by atoms with van der Waals surface area (Å²) >= 11 is 0. The molecule has 2 heterocycles. The third kappa shape index (κ3) is 10.6. The highest BCUT2D eigenvalue weighted by atomic mass is 19.4. The van der Waals surface area contributed by atoms with Crippen LogP contribution in [0.25, 0.3) is 11.1 Å². The second-order valence-corrected chi connectivity index (χ2v) is 13.7. The lowest BCUT2D eigenvalue weighted by atomic mass is 9.90. The molecule has 0 radical (unpaired) electrons. The zero-order valence-corrected chi connectivity index (χ0v) is 28.2. The van der Waals surface area contributed by atoms with Crippen LogP contribution in [0, 0.1) is 11.7 Å². The van der Waals surface area contributed by atoms with Crippen LogP contribution in [-0.2, 0) is 24.3 Å². The van der Waals surface area contributed by atoms with E-state index in [-0.39, 0.29) is 11.7 Å². The third-order valence-electron chi connectivity index (χ3n) is 9.62. The van der Waals surface area contributed by atoms with Crippen LogP contribution >= 0.6 is 0 Å². The van der Waals surface area contributed by atoms with Crippen LogP contribution in [0.1, 0.15) is 46.8 Å². The van der Waals surface area contributed by atoms with Gasteiger partial charge in [0.05, 0.1) is 33.2 Å². The van der Waals surface area contributed by atoms with Crippen LogP contribution in [0.3, 0.4) is 0 Å². The number of amides is 1. The number of carbonyl (C=O) groups is 2. The Morgan fingerprint density at radius 1 is 0.938 bits per heavy atom. The molecule has 0 saturated carbocycles. The quantitative estimate of drug-likeness (QED) is 0.273.